The fraction of sp³-hybridized carbons (Fsp3) is 0.0556. The number of hydrogen-bond acceptors (Lipinski definition) is 4. The first-order chi connectivity index (χ1) is 12.5. The molecule has 132 valence electrons. The van der Waals surface area contributed by atoms with Crippen LogP contribution in [0.4, 0.5) is 9.52 Å². The van der Waals surface area contributed by atoms with Crippen molar-refractivity contribution < 1.29 is 14.0 Å². The molecular formula is C18H13ClFN3O2S. The first kappa shape index (κ1) is 18.0. The van der Waals surface area contributed by atoms with Crippen LogP contribution in [0.15, 0.2) is 53.9 Å². The van der Waals surface area contributed by atoms with Gasteiger partial charge in [-0.05, 0) is 24.3 Å². The highest BCUT2D eigenvalue weighted by Gasteiger charge is 2.13. The number of nitrogens with zero attached hydrogens (tertiary/aromatic N) is 1. The third-order valence-corrected chi connectivity index (χ3v) is 4.43. The molecule has 26 heavy (non-hydrogen) atoms. The first-order valence-electron chi connectivity index (χ1n) is 7.57. The smallest absolute Gasteiger partial charge is 0.254 e. The van der Waals surface area contributed by atoms with Crippen LogP contribution in [0.3, 0.4) is 0 Å². The second-order valence-electron chi connectivity index (χ2n) is 5.26. The molecule has 0 saturated carbocycles. The van der Waals surface area contributed by atoms with Crippen LogP contribution >= 0.6 is 22.9 Å². The summed E-state index contributed by atoms with van der Waals surface area (Å²) in [5, 5.41) is 7.81. The van der Waals surface area contributed by atoms with Crippen molar-refractivity contribution in [2.45, 2.75) is 0 Å². The zero-order valence-electron chi connectivity index (χ0n) is 13.3. The summed E-state index contributed by atoms with van der Waals surface area (Å²) in [7, 11) is 0. The Morgan fingerprint density at radius 2 is 1.85 bits per heavy atom. The largest absolute Gasteiger partial charge is 0.343 e. The van der Waals surface area contributed by atoms with Gasteiger partial charge in [-0.15, -0.1) is 11.3 Å². The van der Waals surface area contributed by atoms with Crippen LogP contribution in [-0.4, -0.2) is 23.3 Å². The van der Waals surface area contributed by atoms with Crippen molar-refractivity contribution >= 4 is 39.9 Å². The van der Waals surface area contributed by atoms with Crippen LogP contribution in [0.5, 0.6) is 0 Å². The van der Waals surface area contributed by atoms with Gasteiger partial charge < -0.3 is 10.6 Å². The van der Waals surface area contributed by atoms with Gasteiger partial charge in [0.25, 0.3) is 5.91 Å². The number of anilines is 1. The molecule has 0 aliphatic rings. The van der Waals surface area contributed by atoms with Crippen molar-refractivity contribution in [1.82, 2.24) is 10.3 Å². The van der Waals surface area contributed by atoms with Gasteiger partial charge in [0, 0.05) is 16.0 Å². The highest BCUT2D eigenvalue weighted by atomic mass is 35.5. The van der Waals surface area contributed by atoms with Gasteiger partial charge in [-0.3, -0.25) is 9.59 Å². The van der Waals surface area contributed by atoms with Crippen molar-refractivity contribution in [3.05, 3.63) is 70.3 Å². The van der Waals surface area contributed by atoms with E-state index in [1.54, 1.807) is 23.6 Å². The predicted octanol–water partition coefficient (Wildman–Crippen LogP) is 3.97. The van der Waals surface area contributed by atoms with Crippen molar-refractivity contribution in [2.24, 2.45) is 0 Å². The number of nitrogens with one attached hydrogen (secondary N) is 2. The molecule has 0 saturated heterocycles. The van der Waals surface area contributed by atoms with E-state index in [1.165, 1.54) is 29.5 Å². The Kier molecular flexibility index (Phi) is 5.60. The van der Waals surface area contributed by atoms with E-state index in [-0.39, 0.29) is 12.1 Å². The van der Waals surface area contributed by atoms with Crippen LogP contribution in [0.2, 0.25) is 5.02 Å². The normalized spacial score (nSPS) is 10.4. The van der Waals surface area contributed by atoms with Gasteiger partial charge in [0.2, 0.25) is 5.91 Å². The summed E-state index contributed by atoms with van der Waals surface area (Å²) in [5.74, 6) is -1.75. The molecule has 8 heteroatoms. The van der Waals surface area contributed by atoms with Crippen molar-refractivity contribution in [3.8, 4) is 11.3 Å². The van der Waals surface area contributed by atoms with Gasteiger partial charge in [-0.2, -0.15) is 0 Å². The molecule has 3 aromatic rings. The summed E-state index contributed by atoms with van der Waals surface area (Å²) in [6.45, 7) is -0.289. The number of carbonyl (C=O) groups is 2. The molecule has 1 aromatic heterocycles. The van der Waals surface area contributed by atoms with E-state index in [9.17, 15) is 14.0 Å². The molecule has 2 aromatic carbocycles. The van der Waals surface area contributed by atoms with Crippen molar-refractivity contribution in [3.63, 3.8) is 0 Å². The minimum absolute atomic E-state index is 0.112. The quantitative estimate of drug-likeness (QED) is 0.693. The molecule has 0 fully saturated rings. The summed E-state index contributed by atoms with van der Waals surface area (Å²) in [6.07, 6.45) is 0. The number of rotatable bonds is 5. The maximum Gasteiger partial charge on any atom is 0.254 e. The molecule has 1 heterocycles. The third kappa shape index (κ3) is 4.44. The Morgan fingerprint density at radius 1 is 1.12 bits per heavy atom. The number of hydrogen-bond donors (Lipinski definition) is 2. The molecule has 0 radical (unpaired) electrons. The monoisotopic (exact) mass is 389 g/mol. The Hall–Kier alpha value is -2.77. The Labute approximate surface area is 157 Å². The van der Waals surface area contributed by atoms with Gasteiger partial charge in [-0.1, -0.05) is 35.9 Å². The highest BCUT2D eigenvalue weighted by molar-refractivity contribution is 7.14. The van der Waals surface area contributed by atoms with Gasteiger partial charge >= 0.3 is 0 Å². The summed E-state index contributed by atoms with van der Waals surface area (Å²) in [6, 6.07) is 12.7. The van der Waals surface area contributed by atoms with E-state index < -0.39 is 17.6 Å². The zero-order chi connectivity index (χ0) is 18.5. The highest BCUT2D eigenvalue weighted by Crippen LogP contribution is 2.25. The van der Waals surface area contributed by atoms with Crippen LogP contribution in [0.25, 0.3) is 11.3 Å². The molecule has 3 rings (SSSR count). The lowest BCUT2D eigenvalue weighted by atomic mass is 10.2. The van der Waals surface area contributed by atoms with Gasteiger partial charge in [-0.25, -0.2) is 9.37 Å². The summed E-state index contributed by atoms with van der Waals surface area (Å²) >= 11 is 7.12. The lowest BCUT2D eigenvalue weighted by Gasteiger charge is -2.05. The second kappa shape index (κ2) is 8.07. The number of benzene rings is 2. The SMILES string of the molecule is O=C(CNC(=O)c1ccccc1F)Nc1nc(-c2ccc(Cl)cc2)cs1. The maximum absolute atomic E-state index is 13.5. The minimum Gasteiger partial charge on any atom is -0.343 e. The summed E-state index contributed by atoms with van der Waals surface area (Å²) in [5.41, 5.74) is 1.47. The first-order valence-corrected chi connectivity index (χ1v) is 8.83. The molecule has 0 atom stereocenters. The van der Waals surface area contributed by atoms with Crippen LogP contribution in [-0.2, 0) is 4.79 Å². The lowest BCUT2D eigenvalue weighted by molar-refractivity contribution is -0.115. The van der Waals surface area contributed by atoms with E-state index in [0.29, 0.717) is 15.8 Å². The molecule has 5 nitrogen and oxygen atoms in total. The average Bonchev–Trinajstić information content (AvgIpc) is 3.09. The molecule has 0 bridgehead atoms. The minimum atomic E-state index is -0.653. The molecule has 0 unspecified atom stereocenters. The van der Waals surface area contributed by atoms with E-state index in [4.69, 9.17) is 11.6 Å². The number of halogens is 2. The number of thiazole rings is 1. The average molecular weight is 390 g/mol. The maximum atomic E-state index is 13.5. The summed E-state index contributed by atoms with van der Waals surface area (Å²) in [4.78, 5) is 28.2. The van der Waals surface area contributed by atoms with Crippen LogP contribution < -0.4 is 10.6 Å². The van der Waals surface area contributed by atoms with Gasteiger partial charge in [0.05, 0.1) is 17.8 Å². The van der Waals surface area contributed by atoms with E-state index >= 15 is 0 Å². The summed E-state index contributed by atoms with van der Waals surface area (Å²) < 4.78 is 13.5. The van der Waals surface area contributed by atoms with Crippen LogP contribution in [0.1, 0.15) is 10.4 Å². The number of aromatic nitrogens is 1. The Bertz CT molecular complexity index is 944. The van der Waals surface area contributed by atoms with E-state index in [2.05, 4.69) is 15.6 Å². The molecule has 2 amide bonds. The standard InChI is InChI=1S/C18H13ClFN3O2S/c19-12-7-5-11(6-8-12)15-10-26-18(22-15)23-16(24)9-21-17(25)13-3-1-2-4-14(13)20/h1-8,10H,9H2,(H,21,25)(H,22,23,24). The fourth-order valence-electron chi connectivity index (χ4n) is 2.15. The molecule has 0 spiro atoms. The van der Waals surface area contributed by atoms with Gasteiger partial charge in [0.15, 0.2) is 5.13 Å². The van der Waals surface area contributed by atoms with E-state index in [0.717, 1.165) is 5.56 Å². The second-order valence-corrected chi connectivity index (χ2v) is 6.55. The topological polar surface area (TPSA) is 71.1 Å². The van der Waals surface area contributed by atoms with Crippen molar-refractivity contribution in [1.29, 1.82) is 0 Å². The fourth-order valence-corrected chi connectivity index (χ4v) is 3.01. The van der Waals surface area contributed by atoms with Crippen molar-refractivity contribution in [2.75, 3.05) is 11.9 Å². The lowest BCUT2D eigenvalue weighted by Crippen LogP contribution is -2.33. The third-order valence-electron chi connectivity index (χ3n) is 3.42. The molecule has 0 aliphatic heterocycles. The molecular weight excluding hydrogens is 377 g/mol. The van der Waals surface area contributed by atoms with Crippen LogP contribution in [0, 0.1) is 5.82 Å². The molecule has 0 aliphatic carbocycles. The molecule has 2 N–H and O–H groups in total. The number of carbonyl (C=O) groups excluding carboxylic acids is 2. The number of amides is 2. The van der Waals surface area contributed by atoms with Gasteiger partial charge in [0.1, 0.15) is 5.82 Å². The Balaban J connectivity index is 1.56. The zero-order valence-corrected chi connectivity index (χ0v) is 14.9. The Morgan fingerprint density at radius 3 is 2.58 bits per heavy atom. The van der Waals surface area contributed by atoms with E-state index in [1.807, 2.05) is 12.1 Å². The predicted molar refractivity (Wildman–Crippen MR) is 99.9 cm³/mol.